The number of ether oxygens (including phenoxy) is 1. The molecule has 0 amide bonds. The molecule has 0 unspecified atom stereocenters. The molecule has 152 valence electrons. The molecular weight excluding hydrogens is 386 g/mol. The average Bonchev–Trinajstić information content (AvgIpc) is 2.67. The van der Waals surface area contributed by atoms with Crippen molar-refractivity contribution in [2.24, 2.45) is 0 Å². The summed E-state index contributed by atoms with van der Waals surface area (Å²) in [6, 6.07) is 6.71. The predicted octanol–water partition coefficient (Wildman–Crippen LogP) is 2.15. The van der Waals surface area contributed by atoms with Gasteiger partial charge >= 0.3 is 0 Å². The lowest BCUT2D eigenvalue weighted by atomic mass is 10.1. The molecule has 3 rings (SSSR count). The van der Waals surface area contributed by atoms with E-state index in [0.717, 1.165) is 52.0 Å². The number of sulfonamides is 1. The summed E-state index contributed by atoms with van der Waals surface area (Å²) in [6.45, 7) is 6.89. The minimum atomic E-state index is -3.62. The lowest BCUT2D eigenvalue weighted by molar-refractivity contribution is 0.0571. The molecule has 0 spiro atoms. The molecule has 0 N–H and O–H groups in total. The lowest BCUT2D eigenvalue weighted by Gasteiger charge is -2.35. The van der Waals surface area contributed by atoms with Crippen LogP contribution < -0.4 is 0 Å². The molecule has 0 bridgehead atoms. The molecular formula is C19H30ClN3O3S. The Balaban J connectivity index is 1.70. The molecule has 0 aromatic heterocycles. The van der Waals surface area contributed by atoms with Crippen LogP contribution in [-0.4, -0.2) is 88.1 Å². The van der Waals surface area contributed by atoms with Crippen molar-refractivity contribution in [1.29, 1.82) is 0 Å². The van der Waals surface area contributed by atoms with Gasteiger partial charge in [0.25, 0.3) is 0 Å². The molecule has 0 saturated carbocycles. The number of hydrogen-bond acceptors (Lipinski definition) is 5. The second-order valence-corrected chi connectivity index (χ2v) is 9.65. The van der Waals surface area contributed by atoms with Gasteiger partial charge in [-0.2, -0.15) is 4.31 Å². The standard InChI is InChI=1S/C19H30ClN3O3S/c1-21-11-13-22(14-12-21)9-4-10-23(17-7-15-26-16-8-17)27(24,25)19-6-3-2-5-18(19)20/h2-3,5-6,17H,4,7-16H2,1H3. The van der Waals surface area contributed by atoms with Gasteiger partial charge in [-0.1, -0.05) is 23.7 Å². The van der Waals surface area contributed by atoms with Crippen molar-refractivity contribution < 1.29 is 13.2 Å². The largest absolute Gasteiger partial charge is 0.381 e. The molecule has 2 aliphatic rings. The zero-order valence-corrected chi connectivity index (χ0v) is 17.6. The van der Waals surface area contributed by atoms with E-state index < -0.39 is 10.0 Å². The molecule has 2 aliphatic heterocycles. The second kappa shape index (κ2) is 9.67. The zero-order valence-electron chi connectivity index (χ0n) is 16.0. The minimum absolute atomic E-state index is 0.0208. The Morgan fingerprint density at radius 2 is 1.81 bits per heavy atom. The summed E-state index contributed by atoms with van der Waals surface area (Å²) in [4.78, 5) is 4.95. The topological polar surface area (TPSA) is 53.1 Å². The predicted molar refractivity (Wildman–Crippen MR) is 108 cm³/mol. The van der Waals surface area contributed by atoms with E-state index in [1.807, 2.05) is 0 Å². The van der Waals surface area contributed by atoms with Crippen molar-refractivity contribution in [1.82, 2.24) is 14.1 Å². The van der Waals surface area contributed by atoms with Gasteiger partial charge < -0.3 is 14.5 Å². The second-order valence-electron chi connectivity index (χ2n) is 7.39. The molecule has 0 radical (unpaired) electrons. The van der Waals surface area contributed by atoms with E-state index in [1.165, 1.54) is 0 Å². The summed E-state index contributed by atoms with van der Waals surface area (Å²) in [5, 5.41) is 0.286. The summed E-state index contributed by atoms with van der Waals surface area (Å²) in [5.74, 6) is 0. The van der Waals surface area contributed by atoms with Gasteiger partial charge in [0, 0.05) is 52.0 Å². The molecule has 2 fully saturated rings. The highest BCUT2D eigenvalue weighted by Gasteiger charge is 2.33. The molecule has 2 heterocycles. The van der Waals surface area contributed by atoms with E-state index in [9.17, 15) is 8.42 Å². The first-order valence-corrected chi connectivity index (χ1v) is 11.6. The van der Waals surface area contributed by atoms with Crippen molar-refractivity contribution in [2.45, 2.75) is 30.2 Å². The highest BCUT2D eigenvalue weighted by Crippen LogP contribution is 2.28. The number of likely N-dealkylation sites (N-methyl/N-ethyl adjacent to an activating group) is 1. The van der Waals surface area contributed by atoms with Crippen LogP contribution in [0.3, 0.4) is 0 Å². The monoisotopic (exact) mass is 415 g/mol. The van der Waals surface area contributed by atoms with Crippen LogP contribution in [-0.2, 0) is 14.8 Å². The highest BCUT2D eigenvalue weighted by molar-refractivity contribution is 7.89. The van der Waals surface area contributed by atoms with Gasteiger partial charge in [-0.25, -0.2) is 8.42 Å². The number of rotatable bonds is 7. The molecule has 0 aliphatic carbocycles. The van der Waals surface area contributed by atoms with Crippen LogP contribution in [0.15, 0.2) is 29.2 Å². The fourth-order valence-electron chi connectivity index (χ4n) is 3.77. The molecule has 0 atom stereocenters. The summed E-state index contributed by atoms with van der Waals surface area (Å²) >= 11 is 6.22. The van der Waals surface area contributed by atoms with Gasteiger partial charge in [-0.3, -0.25) is 0 Å². The van der Waals surface area contributed by atoms with E-state index in [0.29, 0.717) is 19.8 Å². The van der Waals surface area contributed by atoms with Crippen molar-refractivity contribution >= 4 is 21.6 Å². The Kier molecular flexibility index (Phi) is 7.53. The van der Waals surface area contributed by atoms with Gasteiger partial charge in [0.05, 0.1) is 5.02 Å². The first-order chi connectivity index (χ1) is 13.0. The number of benzene rings is 1. The lowest BCUT2D eigenvalue weighted by Crippen LogP contribution is -2.47. The van der Waals surface area contributed by atoms with Crippen LogP contribution in [0.5, 0.6) is 0 Å². The van der Waals surface area contributed by atoms with Crippen molar-refractivity contribution in [3.63, 3.8) is 0 Å². The van der Waals surface area contributed by atoms with Crippen LogP contribution in [0.25, 0.3) is 0 Å². The summed E-state index contributed by atoms with van der Waals surface area (Å²) in [7, 11) is -1.48. The molecule has 1 aromatic carbocycles. The smallest absolute Gasteiger partial charge is 0.244 e. The molecule has 27 heavy (non-hydrogen) atoms. The van der Waals surface area contributed by atoms with Crippen molar-refractivity contribution in [2.75, 3.05) is 59.5 Å². The fourth-order valence-corrected chi connectivity index (χ4v) is 5.99. The van der Waals surface area contributed by atoms with Gasteiger partial charge in [0.15, 0.2) is 0 Å². The maximum Gasteiger partial charge on any atom is 0.244 e. The van der Waals surface area contributed by atoms with E-state index >= 15 is 0 Å². The first-order valence-electron chi connectivity index (χ1n) is 9.73. The Labute approximate surface area is 168 Å². The molecule has 8 heteroatoms. The van der Waals surface area contributed by atoms with Gasteiger partial charge in [-0.05, 0) is 45.0 Å². The molecule has 6 nitrogen and oxygen atoms in total. The SMILES string of the molecule is CN1CCN(CCCN(C2CCOCC2)S(=O)(=O)c2ccccc2Cl)CC1. The number of hydrogen-bond donors (Lipinski definition) is 0. The Bertz CT molecular complexity index is 702. The van der Waals surface area contributed by atoms with Gasteiger partial charge in [0.2, 0.25) is 10.0 Å². The Hall–Kier alpha value is -0.700. The maximum absolute atomic E-state index is 13.4. The van der Waals surface area contributed by atoms with Crippen LogP contribution >= 0.6 is 11.6 Å². The first kappa shape index (κ1) is 21.0. The third-order valence-corrected chi connectivity index (χ3v) is 7.92. The van der Waals surface area contributed by atoms with Crippen LogP contribution in [0.2, 0.25) is 5.02 Å². The highest BCUT2D eigenvalue weighted by atomic mass is 35.5. The third kappa shape index (κ3) is 5.43. The minimum Gasteiger partial charge on any atom is -0.381 e. The number of piperazine rings is 1. The Morgan fingerprint density at radius 1 is 1.15 bits per heavy atom. The maximum atomic E-state index is 13.4. The summed E-state index contributed by atoms with van der Waals surface area (Å²) in [6.07, 6.45) is 2.29. The van der Waals surface area contributed by atoms with E-state index in [2.05, 4.69) is 16.8 Å². The number of halogens is 1. The van der Waals surface area contributed by atoms with Gasteiger partial charge in [-0.15, -0.1) is 0 Å². The average molecular weight is 416 g/mol. The zero-order chi connectivity index (χ0) is 19.3. The van der Waals surface area contributed by atoms with Gasteiger partial charge in [0.1, 0.15) is 4.90 Å². The molecule has 1 aromatic rings. The van der Waals surface area contributed by atoms with Crippen molar-refractivity contribution in [3.05, 3.63) is 29.3 Å². The van der Waals surface area contributed by atoms with E-state index in [4.69, 9.17) is 16.3 Å². The van der Waals surface area contributed by atoms with E-state index in [-0.39, 0.29) is 16.0 Å². The summed E-state index contributed by atoms with van der Waals surface area (Å²) in [5.41, 5.74) is 0. The quantitative estimate of drug-likeness (QED) is 0.683. The number of nitrogens with zero attached hydrogens (tertiary/aromatic N) is 3. The Morgan fingerprint density at radius 3 is 2.48 bits per heavy atom. The third-order valence-electron chi connectivity index (χ3n) is 5.47. The van der Waals surface area contributed by atoms with Crippen LogP contribution in [0, 0.1) is 0 Å². The van der Waals surface area contributed by atoms with Crippen LogP contribution in [0.4, 0.5) is 0 Å². The molecule has 2 saturated heterocycles. The van der Waals surface area contributed by atoms with E-state index in [1.54, 1.807) is 28.6 Å². The van der Waals surface area contributed by atoms with Crippen molar-refractivity contribution in [3.8, 4) is 0 Å². The normalized spacial score (nSPS) is 21.0. The van der Waals surface area contributed by atoms with Crippen LogP contribution in [0.1, 0.15) is 19.3 Å². The summed E-state index contributed by atoms with van der Waals surface area (Å²) < 4.78 is 33.8. The fraction of sp³-hybridized carbons (Fsp3) is 0.684.